The molecule has 14 heavy (non-hydrogen) atoms. The topological polar surface area (TPSA) is 9.23 Å². The Labute approximate surface area is 90.4 Å². The number of hydrogen-bond acceptors (Lipinski definition) is 1. The number of allylic oxidation sites excluding steroid dienone is 2. The summed E-state index contributed by atoms with van der Waals surface area (Å²) in [6, 6.07) is 0. The standard InChI is InChI=1S/C11H22OSi2/c1-13(2)12-14(3,4)11-8-9-5-6-10(11)7-9/h5-6,9-11,13H,7-8H2,1-4H3. The number of fused-ring (bicyclic) bond motifs is 2. The van der Waals surface area contributed by atoms with Gasteiger partial charge >= 0.3 is 0 Å². The second-order valence-corrected chi connectivity index (χ2v) is 12.6. The van der Waals surface area contributed by atoms with Crippen LogP contribution in [0, 0.1) is 11.8 Å². The summed E-state index contributed by atoms with van der Waals surface area (Å²) in [6.07, 6.45) is 7.73. The van der Waals surface area contributed by atoms with Crippen LogP contribution in [-0.4, -0.2) is 17.4 Å². The molecule has 0 aromatic heterocycles. The van der Waals surface area contributed by atoms with Gasteiger partial charge in [-0.15, -0.1) is 0 Å². The van der Waals surface area contributed by atoms with Crippen molar-refractivity contribution in [3.8, 4) is 0 Å². The smallest absolute Gasteiger partial charge is 0.176 e. The largest absolute Gasteiger partial charge is 0.458 e. The Bertz CT molecular complexity index is 248. The molecular formula is C11H22OSi2. The summed E-state index contributed by atoms with van der Waals surface area (Å²) in [6.45, 7) is 9.47. The van der Waals surface area contributed by atoms with Crippen molar-refractivity contribution in [2.75, 3.05) is 0 Å². The molecule has 1 saturated carbocycles. The highest BCUT2D eigenvalue weighted by Crippen LogP contribution is 2.51. The Morgan fingerprint density at radius 1 is 1.21 bits per heavy atom. The maximum Gasteiger partial charge on any atom is 0.176 e. The fraction of sp³-hybridized carbons (Fsp3) is 0.818. The van der Waals surface area contributed by atoms with Crippen LogP contribution in [0.3, 0.4) is 0 Å². The molecule has 2 rings (SSSR count). The maximum absolute atomic E-state index is 6.32. The van der Waals surface area contributed by atoms with Gasteiger partial charge in [0.1, 0.15) is 0 Å². The molecule has 2 aliphatic carbocycles. The zero-order valence-electron chi connectivity index (χ0n) is 9.79. The van der Waals surface area contributed by atoms with E-state index in [1.54, 1.807) is 0 Å². The van der Waals surface area contributed by atoms with Crippen molar-refractivity contribution in [3.63, 3.8) is 0 Å². The molecule has 0 radical (unpaired) electrons. The van der Waals surface area contributed by atoms with Gasteiger partial charge in [-0.25, -0.2) is 0 Å². The quantitative estimate of drug-likeness (QED) is 0.531. The first-order chi connectivity index (χ1) is 6.49. The first-order valence-electron chi connectivity index (χ1n) is 5.85. The first kappa shape index (κ1) is 10.6. The van der Waals surface area contributed by atoms with Gasteiger partial charge in [0, 0.05) is 0 Å². The number of hydrogen-bond donors (Lipinski definition) is 0. The van der Waals surface area contributed by atoms with Crippen molar-refractivity contribution in [1.29, 1.82) is 0 Å². The van der Waals surface area contributed by atoms with Crippen LogP contribution in [0.15, 0.2) is 12.2 Å². The van der Waals surface area contributed by atoms with Crippen LogP contribution >= 0.6 is 0 Å². The Kier molecular flexibility index (Phi) is 2.75. The minimum atomic E-state index is -1.38. The minimum Gasteiger partial charge on any atom is -0.458 e. The van der Waals surface area contributed by atoms with E-state index in [1.165, 1.54) is 12.8 Å². The Hall–Kier alpha value is 0.134. The van der Waals surface area contributed by atoms with E-state index in [2.05, 4.69) is 38.3 Å². The molecule has 1 fully saturated rings. The molecule has 0 saturated heterocycles. The summed E-state index contributed by atoms with van der Waals surface area (Å²) in [5.74, 6) is 1.77. The van der Waals surface area contributed by atoms with E-state index < -0.39 is 17.4 Å². The molecule has 2 bridgehead atoms. The molecule has 80 valence electrons. The molecule has 0 aliphatic heterocycles. The third kappa shape index (κ3) is 1.90. The average molecular weight is 226 g/mol. The summed E-state index contributed by atoms with van der Waals surface area (Å²) in [7, 11) is -2.21. The van der Waals surface area contributed by atoms with Gasteiger partial charge in [0.2, 0.25) is 0 Å². The van der Waals surface area contributed by atoms with Crippen LogP contribution in [0.2, 0.25) is 31.7 Å². The second kappa shape index (κ2) is 3.61. The minimum absolute atomic E-state index is 0.838. The van der Waals surface area contributed by atoms with Crippen LogP contribution in [0.4, 0.5) is 0 Å². The lowest BCUT2D eigenvalue weighted by Gasteiger charge is -2.35. The van der Waals surface area contributed by atoms with Gasteiger partial charge in [-0.05, 0) is 56.4 Å². The zero-order valence-corrected chi connectivity index (χ0v) is 11.9. The average Bonchev–Trinajstić information content (AvgIpc) is 2.60. The van der Waals surface area contributed by atoms with Gasteiger partial charge in [-0.2, -0.15) is 0 Å². The van der Waals surface area contributed by atoms with Gasteiger partial charge in [0.15, 0.2) is 17.4 Å². The SMILES string of the molecule is C[SiH](C)O[Si](C)(C)C1CC2C=CC1C2. The molecular weight excluding hydrogens is 204 g/mol. The molecule has 3 atom stereocenters. The first-order valence-corrected chi connectivity index (χ1v) is 11.6. The Morgan fingerprint density at radius 2 is 1.93 bits per heavy atom. The van der Waals surface area contributed by atoms with Gasteiger partial charge < -0.3 is 4.12 Å². The van der Waals surface area contributed by atoms with Crippen molar-refractivity contribution in [3.05, 3.63) is 12.2 Å². The van der Waals surface area contributed by atoms with Crippen molar-refractivity contribution in [2.45, 2.75) is 44.6 Å². The summed E-state index contributed by atoms with van der Waals surface area (Å²) in [4.78, 5) is 0. The van der Waals surface area contributed by atoms with Crippen LogP contribution < -0.4 is 0 Å². The van der Waals surface area contributed by atoms with Crippen LogP contribution in [0.1, 0.15) is 12.8 Å². The molecule has 0 N–H and O–H groups in total. The third-order valence-electron chi connectivity index (χ3n) is 3.71. The fourth-order valence-electron chi connectivity index (χ4n) is 3.27. The van der Waals surface area contributed by atoms with Crippen LogP contribution in [0.25, 0.3) is 0 Å². The summed E-state index contributed by atoms with van der Waals surface area (Å²) in [5, 5.41) is 0. The Morgan fingerprint density at radius 3 is 2.36 bits per heavy atom. The van der Waals surface area contributed by atoms with Crippen molar-refractivity contribution in [2.24, 2.45) is 11.8 Å². The normalized spacial score (nSPS) is 35.9. The lowest BCUT2D eigenvalue weighted by Crippen LogP contribution is -2.41. The van der Waals surface area contributed by atoms with E-state index >= 15 is 0 Å². The predicted octanol–water partition coefficient (Wildman–Crippen LogP) is 3.16. The highest BCUT2D eigenvalue weighted by Gasteiger charge is 2.46. The molecule has 0 amide bonds. The van der Waals surface area contributed by atoms with E-state index in [4.69, 9.17) is 4.12 Å². The fourth-order valence-corrected chi connectivity index (χ4v) is 11.0. The van der Waals surface area contributed by atoms with Gasteiger partial charge in [0.05, 0.1) is 0 Å². The van der Waals surface area contributed by atoms with E-state index in [9.17, 15) is 0 Å². The van der Waals surface area contributed by atoms with Crippen molar-refractivity contribution in [1.82, 2.24) is 0 Å². The Balaban J connectivity index is 2.04. The van der Waals surface area contributed by atoms with Crippen LogP contribution in [-0.2, 0) is 4.12 Å². The molecule has 1 nitrogen and oxygen atoms in total. The molecule has 0 spiro atoms. The highest BCUT2D eigenvalue weighted by atomic mass is 28.4. The second-order valence-electron chi connectivity index (χ2n) is 5.66. The van der Waals surface area contributed by atoms with E-state index in [0.29, 0.717) is 0 Å². The van der Waals surface area contributed by atoms with Crippen molar-refractivity contribution < 1.29 is 4.12 Å². The van der Waals surface area contributed by atoms with E-state index in [-0.39, 0.29) is 0 Å². The molecule has 3 unspecified atom stereocenters. The number of rotatable bonds is 3. The lowest BCUT2D eigenvalue weighted by molar-refractivity contribution is 0.513. The molecule has 0 aromatic rings. The third-order valence-corrected chi connectivity index (χ3v) is 10.5. The van der Waals surface area contributed by atoms with Crippen molar-refractivity contribution >= 4 is 17.4 Å². The van der Waals surface area contributed by atoms with E-state index in [0.717, 1.165) is 17.4 Å². The van der Waals surface area contributed by atoms with Gasteiger partial charge in [-0.3, -0.25) is 0 Å². The summed E-state index contributed by atoms with van der Waals surface area (Å²) in [5.41, 5.74) is 0.910. The zero-order chi connectivity index (χ0) is 10.3. The summed E-state index contributed by atoms with van der Waals surface area (Å²) >= 11 is 0. The van der Waals surface area contributed by atoms with Crippen LogP contribution in [0.5, 0.6) is 0 Å². The highest BCUT2D eigenvalue weighted by molar-refractivity contribution is 6.79. The van der Waals surface area contributed by atoms with Gasteiger partial charge in [0.25, 0.3) is 0 Å². The molecule has 3 heteroatoms. The molecule has 0 heterocycles. The molecule has 0 aromatic carbocycles. The van der Waals surface area contributed by atoms with Gasteiger partial charge in [-0.1, -0.05) is 12.2 Å². The monoisotopic (exact) mass is 226 g/mol. The maximum atomic E-state index is 6.32. The lowest BCUT2D eigenvalue weighted by atomic mass is 10.1. The predicted molar refractivity (Wildman–Crippen MR) is 66.5 cm³/mol. The molecule has 2 aliphatic rings. The van der Waals surface area contributed by atoms with E-state index in [1.807, 2.05) is 0 Å². The summed E-state index contributed by atoms with van der Waals surface area (Å²) < 4.78 is 6.32.